The molecule has 0 spiro atoms. The van der Waals surface area contributed by atoms with E-state index in [2.05, 4.69) is 10.6 Å². The van der Waals surface area contributed by atoms with Crippen molar-refractivity contribution in [2.75, 3.05) is 13.1 Å². The van der Waals surface area contributed by atoms with Crippen molar-refractivity contribution in [3.8, 4) is 0 Å². The number of carbonyl (C=O) groups is 1. The fourth-order valence-electron chi connectivity index (χ4n) is 1.00. The van der Waals surface area contributed by atoms with Crippen molar-refractivity contribution in [2.24, 2.45) is 5.41 Å². The van der Waals surface area contributed by atoms with E-state index in [0.29, 0.717) is 0 Å². The zero-order valence-electron chi connectivity index (χ0n) is 8.81. The normalized spacial score (nSPS) is 17.2. The van der Waals surface area contributed by atoms with E-state index >= 15 is 0 Å². The fraction of sp³-hybridized carbons (Fsp3) is 0.900. The summed E-state index contributed by atoms with van der Waals surface area (Å²) in [6.45, 7) is 7.42. The van der Waals surface area contributed by atoms with Crippen molar-refractivity contribution in [1.82, 2.24) is 10.6 Å². The summed E-state index contributed by atoms with van der Waals surface area (Å²) < 4.78 is 0. The second-order valence-electron chi connectivity index (χ2n) is 4.73. The first-order chi connectivity index (χ1) is 6.00. The van der Waals surface area contributed by atoms with Gasteiger partial charge in [0.2, 0.25) is 5.91 Å². The van der Waals surface area contributed by atoms with Crippen LogP contribution in [0.4, 0.5) is 0 Å². The predicted octanol–water partition coefficient (Wildman–Crippen LogP) is 0.901. The Bertz CT molecular complexity index is 180. The van der Waals surface area contributed by atoms with Gasteiger partial charge in [-0.3, -0.25) is 4.79 Å². The lowest BCUT2D eigenvalue weighted by Crippen LogP contribution is -2.39. The maximum atomic E-state index is 11.4. The van der Waals surface area contributed by atoms with E-state index in [1.807, 2.05) is 20.8 Å². The first kappa shape index (κ1) is 10.5. The van der Waals surface area contributed by atoms with Crippen LogP contribution >= 0.6 is 0 Å². The van der Waals surface area contributed by atoms with Gasteiger partial charge in [-0.05, 0) is 12.8 Å². The van der Waals surface area contributed by atoms with Crippen LogP contribution in [0.15, 0.2) is 0 Å². The lowest BCUT2D eigenvalue weighted by Gasteiger charge is -2.17. The van der Waals surface area contributed by atoms with Crippen LogP contribution in [0.2, 0.25) is 0 Å². The van der Waals surface area contributed by atoms with E-state index in [0.717, 1.165) is 19.1 Å². The first-order valence-electron chi connectivity index (χ1n) is 5.02. The highest BCUT2D eigenvalue weighted by Gasteiger charge is 2.22. The van der Waals surface area contributed by atoms with Crippen molar-refractivity contribution in [3.05, 3.63) is 0 Å². The molecule has 1 aliphatic rings. The van der Waals surface area contributed by atoms with Gasteiger partial charge in [-0.1, -0.05) is 20.8 Å². The molecule has 0 atom stereocenters. The second kappa shape index (κ2) is 4.09. The topological polar surface area (TPSA) is 41.1 Å². The molecule has 3 nitrogen and oxygen atoms in total. The van der Waals surface area contributed by atoms with Crippen molar-refractivity contribution >= 4 is 5.91 Å². The zero-order valence-corrected chi connectivity index (χ0v) is 8.81. The third-order valence-corrected chi connectivity index (χ3v) is 2.10. The summed E-state index contributed by atoms with van der Waals surface area (Å²) >= 11 is 0. The Morgan fingerprint density at radius 1 is 1.31 bits per heavy atom. The monoisotopic (exact) mass is 184 g/mol. The molecule has 1 fully saturated rings. The minimum absolute atomic E-state index is 0.130. The molecule has 0 heterocycles. The van der Waals surface area contributed by atoms with Gasteiger partial charge in [0, 0.05) is 24.5 Å². The van der Waals surface area contributed by atoms with Gasteiger partial charge in [-0.2, -0.15) is 0 Å². The van der Waals surface area contributed by atoms with Crippen molar-refractivity contribution in [1.29, 1.82) is 0 Å². The number of amides is 1. The maximum Gasteiger partial charge on any atom is 0.225 e. The third-order valence-electron chi connectivity index (χ3n) is 2.10. The quantitative estimate of drug-likeness (QED) is 0.637. The van der Waals surface area contributed by atoms with E-state index in [-0.39, 0.29) is 11.3 Å². The summed E-state index contributed by atoms with van der Waals surface area (Å²) in [5.41, 5.74) is -0.264. The summed E-state index contributed by atoms with van der Waals surface area (Å²) in [7, 11) is 0. The van der Waals surface area contributed by atoms with Crippen LogP contribution in [0.5, 0.6) is 0 Å². The first-order valence-corrected chi connectivity index (χ1v) is 5.02. The predicted molar refractivity (Wildman–Crippen MR) is 53.5 cm³/mol. The molecule has 1 rings (SSSR count). The fourth-order valence-corrected chi connectivity index (χ4v) is 1.00. The molecule has 1 aliphatic carbocycles. The van der Waals surface area contributed by atoms with Crippen LogP contribution < -0.4 is 10.6 Å². The molecule has 76 valence electrons. The molecule has 0 aromatic carbocycles. The van der Waals surface area contributed by atoms with Crippen molar-refractivity contribution < 1.29 is 4.79 Å². The summed E-state index contributed by atoms with van der Waals surface area (Å²) in [6, 6.07) is 0.728. The number of hydrogen-bond acceptors (Lipinski definition) is 2. The number of hydrogen-bond donors (Lipinski definition) is 2. The van der Waals surface area contributed by atoms with Gasteiger partial charge in [0.15, 0.2) is 0 Å². The van der Waals surface area contributed by atoms with Crippen LogP contribution in [0, 0.1) is 5.41 Å². The molecule has 0 radical (unpaired) electrons. The minimum atomic E-state index is -0.264. The highest BCUT2D eigenvalue weighted by atomic mass is 16.2. The van der Waals surface area contributed by atoms with E-state index < -0.39 is 0 Å². The Labute approximate surface area is 80.3 Å². The Hall–Kier alpha value is -0.570. The molecule has 0 saturated heterocycles. The molecule has 1 amide bonds. The molecule has 0 aromatic heterocycles. The van der Waals surface area contributed by atoms with Crippen LogP contribution in [0.25, 0.3) is 0 Å². The number of carbonyl (C=O) groups excluding carboxylic acids is 1. The lowest BCUT2D eigenvalue weighted by molar-refractivity contribution is -0.128. The molecule has 3 heteroatoms. The van der Waals surface area contributed by atoms with Crippen LogP contribution in [-0.2, 0) is 4.79 Å². The minimum Gasteiger partial charge on any atom is -0.354 e. The van der Waals surface area contributed by atoms with Crippen molar-refractivity contribution in [3.63, 3.8) is 0 Å². The summed E-state index contributed by atoms with van der Waals surface area (Å²) in [5.74, 6) is 0.130. The molecule has 13 heavy (non-hydrogen) atoms. The highest BCUT2D eigenvalue weighted by molar-refractivity contribution is 5.81. The average molecular weight is 184 g/mol. The standard InChI is InChI=1S/C10H20N2O/c1-10(2,3)9(13)12-7-6-11-8-4-5-8/h8,11H,4-7H2,1-3H3,(H,12,13). The Morgan fingerprint density at radius 2 is 1.92 bits per heavy atom. The Morgan fingerprint density at radius 3 is 2.38 bits per heavy atom. The average Bonchev–Trinajstić information content (AvgIpc) is 2.79. The number of nitrogens with one attached hydrogen (secondary N) is 2. The molecule has 1 saturated carbocycles. The zero-order chi connectivity index (χ0) is 9.90. The Kier molecular flexibility index (Phi) is 3.31. The smallest absolute Gasteiger partial charge is 0.225 e. The Balaban J connectivity index is 2.00. The maximum absolute atomic E-state index is 11.4. The summed E-state index contributed by atoms with van der Waals surface area (Å²) in [5, 5.41) is 6.25. The van der Waals surface area contributed by atoms with E-state index in [4.69, 9.17) is 0 Å². The van der Waals surface area contributed by atoms with Gasteiger partial charge in [0.05, 0.1) is 0 Å². The van der Waals surface area contributed by atoms with Gasteiger partial charge in [-0.25, -0.2) is 0 Å². The van der Waals surface area contributed by atoms with E-state index in [1.165, 1.54) is 12.8 Å². The summed E-state index contributed by atoms with van der Waals surface area (Å²) in [6.07, 6.45) is 2.60. The molecular weight excluding hydrogens is 164 g/mol. The van der Waals surface area contributed by atoms with Gasteiger partial charge in [-0.15, -0.1) is 0 Å². The third kappa shape index (κ3) is 4.27. The van der Waals surface area contributed by atoms with Gasteiger partial charge in [0.25, 0.3) is 0 Å². The molecule has 0 unspecified atom stereocenters. The van der Waals surface area contributed by atoms with Gasteiger partial charge >= 0.3 is 0 Å². The van der Waals surface area contributed by atoms with Crippen LogP contribution in [0.3, 0.4) is 0 Å². The number of rotatable bonds is 4. The second-order valence-corrected chi connectivity index (χ2v) is 4.73. The molecular formula is C10H20N2O. The van der Waals surface area contributed by atoms with E-state index in [9.17, 15) is 4.79 Å². The van der Waals surface area contributed by atoms with Gasteiger partial charge < -0.3 is 10.6 Å². The van der Waals surface area contributed by atoms with Crippen LogP contribution in [0.1, 0.15) is 33.6 Å². The van der Waals surface area contributed by atoms with E-state index in [1.54, 1.807) is 0 Å². The largest absolute Gasteiger partial charge is 0.354 e. The lowest BCUT2D eigenvalue weighted by atomic mass is 9.96. The SMILES string of the molecule is CC(C)(C)C(=O)NCCNC1CC1. The van der Waals surface area contributed by atoms with Gasteiger partial charge in [0.1, 0.15) is 0 Å². The molecule has 0 aliphatic heterocycles. The molecule has 2 N–H and O–H groups in total. The molecule has 0 aromatic rings. The van der Waals surface area contributed by atoms with Crippen LogP contribution in [-0.4, -0.2) is 25.0 Å². The highest BCUT2D eigenvalue weighted by Crippen LogP contribution is 2.17. The summed E-state index contributed by atoms with van der Waals surface area (Å²) in [4.78, 5) is 11.4. The molecule has 0 bridgehead atoms. The van der Waals surface area contributed by atoms with Crippen molar-refractivity contribution in [2.45, 2.75) is 39.7 Å².